The maximum atomic E-state index is 12.8. The number of amides is 2. The lowest BCUT2D eigenvalue weighted by Crippen LogP contribution is -2.47. The highest BCUT2D eigenvalue weighted by Gasteiger charge is 2.25. The van der Waals surface area contributed by atoms with Gasteiger partial charge in [-0.1, -0.05) is 36.4 Å². The number of benzene rings is 2. The van der Waals surface area contributed by atoms with E-state index in [1.807, 2.05) is 62.4 Å². The lowest BCUT2D eigenvalue weighted by molar-refractivity contribution is -0.118. The first-order valence-electron chi connectivity index (χ1n) is 9.05. The SMILES string of the molecule is Cc1ccc(NC(=O)C(Cc2ccccc2)NC(=O)OC(C)(C)C)cc1C. The summed E-state index contributed by atoms with van der Waals surface area (Å²) >= 11 is 0. The molecule has 5 heteroatoms. The van der Waals surface area contributed by atoms with E-state index in [1.54, 1.807) is 20.8 Å². The molecular formula is C22H28N2O3. The molecule has 0 radical (unpaired) electrons. The molecule has 1 atom stereocenters. The van der Waals surface area contributed by atoms with Crippen LogP contribution in [0.25, 0.3) is 0 Å². The quantitative estimate of drug-likeness (QED) is 0.823. The Morgan fingerprint density at radius 2 is 1.67 bits per heavy atom. The Bertz CT molecular complexity index is 795. The molecule has 144 valence electrons. The highest BCUT2D eigenvalue weighted by molar-refractivity contribution is 5.96. The number of rotatable bonds is 5. The van der Waals surface area contributed by atoms with E-state index in [-0.39, 0.29) is 5.91 Å². The van der Waals surface area contributed by atoms with Gasteiger partial charge in [0.2, 0.25) is 5.91 Å². The third-order valence-corrected chi connectivity index (χ3v) is 4.06. The van der Waals surface area contributed by atoms with Gasteiger partial charge in [0.25, 0.3) is 0 Å². The summed E-state index contributed by atoms with van der Waals surface area (Å²) in [6.45, 7) is 9.37. The molecular weight excluding hydrogens is 340 g/mol. The van der Waals surface area contributed by atoms with Crippen LogP contribution in [0, 0.1) is 13.8 Å². The molecule has 2 aromatic rings. The molecule has 2 aromatic carbocycles. The second kappa shape index (κ2) is 8.71. The van der Waals surface area contributed by atoms with Crippen molar-refractivity contribution in [3.63, 3.8) is 0 Å². The lowest BCUT2D eigenvalue weighted by atomic mass is 10.0. The Hall–Kier alpha value is -2.82. The van der Waals surface area contributed by atoms with E-state index in [1.165, 1.54) is 0 Å². The lowest BCUT2D eigenvalue weighted by Gasteiger charge is -2.23. The van der Waals surface area contributed by atoms with Crippen LogP contribution in [-0.2, 0) is 16.0 Å². The zero-order valence-electron chi connectivity index (χ0n) is 16.6. The van der Waals surface area contributed by atoms with Gasteiger partial charge in [0.1, 0.15) is 11.6 Å². The van der Waals surface area contributed by atoms with Crippen LogP contribution in [0.2, 0.25) is 0 Å². The molecule has 2 N–H and O–H groups in total. The summed E-state index contributed by atoms with van der Waals surface area (Å²) in [6, 6.07) is 14.5. The topological polar surface area (TPSA) is 67.4 Å². The minimum absolute atomic E-state index is 0.284. The van der Waals surface area contributed by atoms with E-state index in [9.17, 15) is 9.59 Å². The van der Waals surface area contributed by atoms with Crippen LogP contribution in [-0.4, -0.2) is 23.6 Å². The minimum atomic E-state index is -0.746. The first-order chi connectivity index (χ1) is 12.6. The predicted molar refractivity (Wildman–Crippen MR) is 108 cm³/mol. The number of aryl methyl sites for hydroxylation is 2. The first-order valence-corrected chi connectivity index (χ1v) is 9.05. The van der Waals surface area contributed by atoms with Crippen molar-refractivity contribution in [1.29, 1.82) is 0 Å². The van der Waals surface area contributed by atoms with E-state index in [4.69, 9.17) is 4.74 Å². The van der Waals surface area contributed by atoms with Crippen LogP contribution in [0.5, 0.6) is 0 Å². The second-order valence-electron chi connectivity index (χ2n) is 7.68. The molecule has 0 aromatic heterocycles. The first kappa shape index (κ1) is 20.5. The molecule has 0 fully saturated rings. The fourth-order valence-corrected chi connectivity index (χ4v) is 2.56. The van der Waals surface area contributed by atoms with Crippen LogP contribution in [0.1, 0.15) is 37.5 Å². The maximum Gasteiger partial charge on any atom is 0.408 e. The zero-order chi connectivity index (χ0) is 20.0. The van der Waals surface area contributed by atoms with Crippen LogP contribution in [0.4, 0.5) is 10.5 Å². The molecule has 0 saturated heterocycles. The van der Waals surface area contributed by atoms with Crippen molar-refractivity contribution >= 4 is 17.7 Å². The average molecular weight is 368 g/mol. The fourth-order valence-electron chi connectivity index (χ4n) is 2.56. The average Bonchev–Trinajstić information content (AvgIpc) is 2.57. The summed E-state index contributed by atoms with van der Waals surface area (Å²) in [5.41, 5.74) is 3.26. The maximum absolute atomic E-state index is 12.8. The molecule has 0 spiro atoms. The number of nitrogens with one attached hydrogen (secondary N) is 2. The Morgan fingerprint density at radius 1 is 1.00 bits per heavy atom. The van der Waals surface area contributed by atoms with Gasteiger partial charge in [0, 0.05) is 12.1 Å². The van der Waals surface area contributed by atoms with Crippen molar-refractivity contribution in [2.75, 3.05) is 5.32 Å². The summed E-state index contributed by atoms with van der Waals surface area (Å²) < 4.78 is 5.31. The molecule has 2 rings (SSSR count). The van der Waals surface area contributed by atoms with Crippen LogP contribution in [0.3, 0.4) is 0 Å². The minimum Gasteiger partial charge on any atom is -0.444 e. The standard InChI is InChI=1S/C22H28N2O3/c1-15-11-12-18(13-16(15)2)23-20(25)19(14-17-9-7-6-8-10-17)24-21(26)27-22(3,4)5/h6-13,19H,14H2,1-5H3,(H,23,25)(H,24,26). The van der Waals surface area contributed by atoms with Crippen molar-refractivity contribution in [2.45, 2.75) is 52.7 Å². The summed E-state index contributed by atoms with van der Waals surface area (Å²) in [5.74, 6) is -0.284. The number of hydrogen-bond donors (Lipinski definition) is 2. The molecule has 5 nitrogen and oxygen atoms in total. The van der Waals surface area contributed by atoms with Gasteiger partial charge in [-0.2, -0.15) is 0 Å². The van der Waals surface area contributed by atoms with Gasteiger partial charge in [-0.25, -0.2) is 4.79 Å². The Kier molecular flexibility index (Phi) is 6.61. The van der Waals surface area contributed by atoms with E-state index in [0.717, 1.165) is 16.7 Å². The van der Waals surface area contributed by atoms with Gasteiger partial charge in [0.15, 0.2) is 0 Å². The molecule has 0 bridgehead atoms. The van der Waals surface area contributed by atoms with Crippen molar-refractivity contribution in [3.05, 3.63) is 65.2 Å². The largest absolute Gasteiger partial charge is 0.444 e. The summed E-state index contributed by atoms with van der Waals surface area (Å²) in [4.78, 5) is 25.0. The smallest absolute Gasteiger partial charge is 0.408 e. The van der Waals surface area contributed by atoms with Gasteiger partial charge in [-0.05, 0) is 63.4 Å². The molecule has 0 aliphatic heterocycles. The molecule has 0 heterocycles. The molecule has 2 amide bonds. The van der Waals surface area contributed by atoms with Crippen molar-refractivity contribution in [2.24, 2.45) is 0 Å². The molecule has 27 heavy (non-hydrogen) atoms. The van der Waals surface area contributed by atoms with Crippen molar-refractivity contribution < 1.29 is 14.3 Å². The number of anilines is 1. The molecule has 0 saturated carbocycles. The van der Waals surface area contributed by atoms with E-state index < -0.39 is 17.7 Å². The number of alkyl carbamates (subject to hydrolysis) is 1. The molecule has 0 aliphatic carbocycles. The highest BCUT2D eigenvalue weighted by atomic mass is 16.6. The summed E-state index contributed by atoms with van der Waals surface area (Å²) in [5, 5.41) is 5.58. The van der Waals surface area contributed by atoms with Gasteiger partial charge >= 0.3 is 6.09 Å². The van der Waals surface area contributed by atoms with E-state index in [0.29, 0.717) is 12.1 Å². The second-order valence-corrected chi connectivity index (χ2v) is 7.68. The van der Waals surface area contributed by atoms with Crippen LogP contribution < -0.4 is 10.6 Å². The number of hydrogen-bond acceptors (Lipinski definition) is 3. The Morgan fingerprint density at radius 3 is 2.26 bits per heavy atom. The van der Waals surface area contributed by atoms with E-state index >= 15 is 0 Å². The van der Waals surface area contributed by atoms with Gasteiger partial charge in [-0.3, -0.25) is 4.79 Å². The van der Waals surface area contributed by atoms with Gasteiger partial charge < -0.3 is 15.4 Å². The van der Waals surface area contributed by atoms with Gasteiger partial charge in [0.05, 0.1) is 0 Å². The Balaban J connectivity index is 2.15. The van der Waals surface area contributed by atoms with Crippen molar-refractivity contribution in [1.82, 2.24) is 5.32 Å². The molecule has 1 unspecified atom stereocenters. The highest BCUT2D eigenvalue weighted by Crippen LogP contribution is 2.15. The number of carbonyl (C=O) groups is 2. The van der Waals surface area contributed by atoms with Gasteiger partial charge in [-0.15, -0.1) is 0 Å². The third kappa shape index (κ3) is 6.77. The normalized spacial score (nSPS) is 12.2. The fraction of sp³-hybridized carbons (Fsp3) is 0.364. The zero-order valence-corrected chi connectivity index (χ0v) is 16.6. The predicted octanol–water partition coefficient (Wildman–Crippen LogP) is 4.38. The monoisotopic (exact) mass is 368 g/mol. The number of carbonyl (C=O) groups excluding carboxylic acids is 2. The summed E-state index contributed by atoms with van der Waals surface area (Å²) in [6.07, 6.45) is -0.241. The van der Waals surface area contributed by atoms with E-state index in [2.05, 4.69) is 10.6 Å². The van der Waals surface area contributed by atoms with Crippen LogP contribution in [0.15, 0.2) is 48.5 Å². The third-order valence-electron chi connectivity index (χ3n) is 4.06. The summed E-state index contributed by atoms with van der Waals surface area (Å²) in [7, 11) is 0. The Labute approximate surface area is 161 Å². The van der Waals surface area contributed by atoms with Crippen LogP contribution >= 0.6 is 0 Å². The number of ether oxygens (including phenoxy) is 1. The molecule has 0 aliphatic rings. The van der Waals surface area contributed by atoms with Crippen molar-refractivity contribution in [3.8, 4) is 0 Å².